The highest BCUT2D eigenvalue weighted by Crippen LogP contribution is 2.22. The maximum atomic E-state index is 5.96. The third-order valence-corrected chi connectivity index (χ3v) is 4.20. The van der Waals surface area contributed by atoms with Gasteiger partial charge < -0.3 is 5.73 Å². The normalized spacial score (nSPS) is 25.9. The van der Waals surface area contributed by atoms with E-state index < -0.39 is 0 Å². The Balaban J connectivity index is 1.57. The smallest absolute Gasteiger partial charge is 0.0772 e. The molecule has 1 aromatic heterocycles. The van der Waals surface area contributed by atoms with Gasteiger partial charge in [0.15, 0.2) is 0 Å². The van der Waals surface area contributed by atoms with E-state index >= 15 is 0 Å². The van der Waals surface area contributed by atoms with Crippen molar-refractivity contribution in [3.63, 3.8) is 0 Å². The molecule has 2 N–H and O–H groups in total. The molecule has 4 nitrogen and oxygen atoms in total. The molecule has 2 aliphatic heterocycles. The lowest BCUT2D eigenvalue weighted by Crippen LogP contribution is -2.35. The maximum absolute atomic E-state index is 5.96. The topological polar surface area (TPSA) is 45.4 Å². The molecule has 3 rings (SSSR count). The van der Waals surface area contributed by atoms with Gasteiger partial charge in [0.05, 0.1) is 11.4 Å². The number of likely N-dealkylation sites (tertiary alicyclic amines) is 2. The number of nitrogens with zero attached hydrogens (tertiary/aromatic N) is 3. The van der Waals surface area contributed by atoms with E-state index in [1.54, 1.807) is 0 Å². The van der Waals surface area contributed by atoms with E-state index in [1.807, 2.05) is 18.3 Å². The van der Waals surface area contributed by atoms with Crippen LogP contribution in [0.3, 0.4) is 0 Å². The Morgan fingerprint density at radius 1 is 1.28 bits per heavy atom. The van der Waals surface area contributed by atoms with Crippen LogP contribution in [0, 0.1) is 0 Å². The van der Waals surface area contributed by atoms with Crippen molar-refractivity contribution in [2.45, 2.75) is 31.8 Å². The number of aromatic nitrogens is 1. The predicted octanol–water partition coefficient (Wildman–Crippen LogP) is 1.33. The van der Waals surface area contributed by atoms with Crippen molar-refractivity contribution < 1.29 is 0 Å². The molecular weight excluding hydrogens is 224 g/mol. The Labute approximate surface area is 109 Å². The van der Waals surface area contributed by atoms with Gasteiger partial charge in [-0.15, -0.1) is 0 Å². The fraction of sp³-hybridized carbons (Fsp3) is 0.643. The van der Waals surface area contributed by atoms with E-state index in [-0.39, 0.29) is 0 Å². The third-order valence-electron chi connectivity index (χ3n) is 4.20. The van der Waals surface area contributed by atoms with Crippen molar-refractivity contribution in [1.82, 2.24) is 14.8 Å². The first kappa shape index (κ1) is 11.9. The van der Waals surface area contributed by atoms with E-state index in [0.29, 0.717) is 0 Å². The molecule has 1 unspecified atom stereocenters. The second-order valence-corrected chi connectivity index (χ2v) is 5.46. The molecule has 1 aromatic rings. The molecule has 0 saturated carbocycles. The van der Waals surface area contributed by atoms with E-state index in [1.165, 1.54) is 45.4 Å². The molecule has 4 heteroatoms. The number of anilines is 1. The van der Waals surface area contributed by atoms with E-state index in [4.69, 9.17) is 5.73 Å². The van der Waals surface area contributed by atoms with Crippen LogP contribution in [-0.2, 0) is 6.54 Å². The van der Waals surface area contributed by atoms with Crippen LogP contribution in [-0.4, -0.2) is 47.0 Å². The molecule has 0 bridgehead atoms. The minimum absolute atomic E-state index is 0.762. The summed E-state index contributed by atoms with van der Waals surface area (Å²) in [6.45, 7) is 5.85. The molecule has 0 aliphatic carbocycles. The first-order valence-electron chi connectivity index (χ1n) is 6.99. The van der Waals surface area contributed by atoms with Crippen LogP contribution in [0.4, 0.5) is 5.69 Å². The summed E-state index contributed by atoms with van der Waals surface area (Å²) < 4.78 is 0. The second kappa shape index (κ2) is 5.24. The molecule has 2 saturated heterocycles. The summed E-state index contributed by atoms with van der Waals surface area (Å²) in [6.07, 6.45) is 5.89. The molecule has 98 valence electrons. The third kappa shape index (κ3) is 2.49. The van der Waals surface area contributed by atoms with Gasteiger partial charge >= 0.3 is 0 Å². The lowest BCUT2D eigenvalue weighted by molar-refractivity contribution is 0.229. The highest BCUT2D eigenvalue weighted by Gasteiger charge is 2.29. The zero-order chi connectivity index (χ0) is 12.4. The number of pyridine rings is 1. The first-order valence-corrected chi connectivity index (χ1v) is 6.99. The van der Waals surface area contributed by atoms with Crippen LogP contribution >= 0.6 is 0 Å². The zero-order valence-corrected chi connectivity index (χ0v) is 10.9. The second-order valence-electron chi connectivity index (χ2n) is 5.46. The van der Waals surface area contributed by atoms with Crippen LogP contribution in [0.15, 0.2) is 18.3 Å². The molecule has 2 aliphatic rings. The monoisotopic (exact) mass is 246 g/mol. The fourth-order valence-electron chi connectivity index (χ4n) is 3.15. The summed E-state index contributed by atoms with van der Waals surface area (Å²) >= 11 is 0. The van der Waals surface area contributed by atoms with Gasteiger partial charge in [-0.25, -0.2) is 0 Å². The molecule has 1 atom stereocenters. The van der Waals surface area contributed by atoms with Crippen molar-refractivity contribution >= 4 is 5.69 Å². The molecule has 0 aromatic carbocycles. The van der Waals surface area contributed by atoms with Crippen LogP contribution in [0.5, 0.6) is 0 Å². The van der Waals surface area contributed by atoms with Gasteiger partial charge in [-0.05, 0) is 44.5 Å². The lowest BCUT2D eigenvalue weighted by atomic mass is 10.2. The van der Waals surface area contributed by atoms with Crippen molar-refractivity contribution in [1.29, 1.82) is 0 Å². The predicted molar refractivity (Wildman–Crippen MR) is 73.1 cm³/mol. The van der Waals surface area contributed by atoms with Gasteiger partial charge in [0, 0.05) is 31.9 Å². The molecule has 2 fully saturated rings. The van der Waals surface area contributed by atoms with Crippen LogP contribution in [0.2, 0.25) is 0 Å². The summed E-state index contributed by atoms with van der Waals surface area (Å²) in [5.41, 5.74) is 7.80. The Morgan fingerprint density at radius 2 is 2.11 bits per heavy atom. The molecule has 18 heavy (non-hydrogen) atoms. The number of rotatable bonds is 3. The highest BCUT2D eigenvalue weighted by atomic mass is 15.3. The Kier molecular flexibility index (Phi) is 3.48. The standard InChI is InChI=1S/C14H22N4/c15-13-4-3-6-16-14(13)11-17-9-5-12(10-17)18-7-1-2-8-18/h3-4,6,12H,1-2,5,7-11,15H2. The summed E-state index contributed by atoms with van der Waals surface area (Å²) in [5.74, 6) is 0. The summed E-state index contributed by atoms with van der Waals surface area (Å²) in [5, 5.41) is 0. The molecule has 0 spiro atoms. The van der Waals surface area contributed by atoms with Crippen LogP contribution < -0.4 is 5.73 Å². The number of hydrogen-bond acceptors (Lipinski definition) is 4. The largest absolute Gasteiger partial charge is 0.397 e. The summed E-state index contributed by atoms with van der Waals surface area (Å²) in [7, 11) is 0. The first-order chi connectivity index (χ1) is 8.83. The lowest BCUT2D eigenvalue weighted by Gasteiger charge is -2.23. The fourth-order valence-corrected chi connectivity index (χ4v) is 3.15. The summed E-state index contributed by atoms with van der Waals surface area (Å²) in [4.78, 5) is 9.53. The minimum Gasteiger partial charge on any atom is -0.397 e. The van der Waals surface area contributed by atoms with Crippen LogP contribution in [0.1, 0.15) is 25.0 Å². The van der Waals surface area contributed by atoms with Gasteiger partial charge in [-0.2, -0.15) is 0 Å². The molecule has 3 heterocycles. The average molecular weight is 246 g/mol. The number of nitrogens with two attached hydrogens (primary N) is 1. The van der Waals surface area contributed by atoms with Crippen molar-refractivity contribution in [3.8, 4) is 0 Å². The highest BCUT2D eigenvalue weighted by molar-refractivity contribution is 5.41. The molecule has 0 radical (unpaired) electrons. The SMILES string of the molecule is Nc1cccnc1CN1CCC(N2CCCC2)C1. The van der Waals surface area contributed by atoms with Gasteiger partial charge in [0.25, 0.3) is 0 Å². The maximum Gasteiger partial charge on any atom is 0.0772 e. The quantitative estimate of drug-likeness (QED) is 0.874. The van der Waals surface area contributed by atoms with Gasteiger partial charge in [0.2, 0.25) is 0 Å². The number of nitrogen functional groups attached to an aromatic ring is 1. The Bertz CT molecular complexity index is 401. The Morgan fingerprint density at radius 3 is 2.89 bits per heavy atom. The van der Waals surface area contributed by atoms with Crippen molar-refractivity contribution in [3.05, 3.63) is 24.0 Å². The average Bonchev–Trinajstić information content (AvgIpc) is 3.02. The number of hydrogen-bond donors (Lipinski definition) is 1. The van der Waals surface area contributed by atoms with Crippen LogP contribution in [0.25, 0.3) is 0 Å². The Hall–Kier alpha value is -1.13. The van der Waals surface area contributed by atoms with E-state index in [0.717, 1.165) is 24.0 Å². The summed E-state index contributed by atoms with van der Waals surface area (Å²) in [6, 6.07) is 4.60. The van der Waals surface area contributed by atoms with Gasteiger partial charge in [-0.1, -0.05) is 0 Å². The van der Waals surface area contributed by atoms with Crippen molar-refractivity contribution in [2.24, 2.45) is 0 Å². The zero-order valence-electron chi connectivity index (χ0n) is 10.9. The molecular formula is C14H22N4. The van der Waals surface area contributed by atoms with E-state index in [9.17, 15) is 0 Å². The minimum atomic E-state index is 0.762. The van der Waals surface area contributed by atoms with Gasteiger partial charge in [-0.3, -0.25) is 14.8 Å². The molecule has 0 amide bonds. The van der Waals surface area contributed by atoms with Gasteiger partial charge in [0.1, 0.15) is 0 Å². The van der Waals surface area contributed by atoms with Crippen molar-refractivity contribution in [2.75, 3.05) is 31.9 Å². The van der Waals surface area contributed by atoms with E-state index in [2.05, 4.69) is 14.8 Å².